The first-order valence-corrected chi connectivity index (χ1v) is 9.33. The molecule has 3 N–H and O–H groups in total. The molecule has 4 nitrogen and oxygen atoms in total. The van der Waals surface area contributed by atoms with Crippen LogP contribution >= 0.6 is 35.0 Å². The lowest BCUT2D eigenvalue weighted by Gasteiger charge is -2.10. The van der Waals surface area contributed by atoms with Gasteiger partial charge >= 0.3 is 5.97 Å². The molecule has 0 radical (unpaired) electrons. The van der Waals surface area contributed by atoms with Crippen LogP contribution < -0.4 is 5.73 Å². The summed E-state index contributed by atoms with van der Waals surface area (Å²) in [5, 5.41) is 10.2. The molecule has 0 unspecified atom stereocenters. The lowest BCUT2D eigenvalue weighted by molar-refractivity contribution is 0.0693. The van der Waals surface area contributed by atoms with Gasteiger partial charge in [0.15, 0.2) is 5.78 Å². The molecule has 136 valence electrons. The number of halogens is 2. The monoisotopic (exact) mass is 417 g/mol. The maximum Gasteiger partial charge on any atom is 0.336 e. The normalized spacial score (nSPS) is 10.6. The van der Waals surface area contributed by atoms with E-state index < -0.39 is 11.8 Å². The van der Waals surface area contributed by atoms with Gasteiger partial charge in [-0.1, -0.05) is 53.2 Å². The van der Waals surface area contributed by atoms with Crippen molar-refractivity contribution in [1.82, 2.24) is 0 Å². The number of nitrogens with two attached hydrogens (primary N) is 1. The van der Waals surface area contributed by atoms with Crippen molar-refractivity contribution in [2.45, 2.75) is 9.79 Å². The zero-order valence-corrected chi connectivity index (χ0v) is 16.1. The SMILES string of the molecule is Nc1cc(C(=O)c2ccccc2C(=O)O)ccc1Sc1ccc(Cl)c(Cl)c1. The fraction of sp³-hybridized carbons (Fsp3) is 0. The van der Waals surface area contributed by atoms with Gasteiger partial charge in [0.2, 0.25) is 0 Å². The second kappa shape index (κ2) is 8.05. The molecule has 7 heteroatoms. The molecule has 3 aromatic rings. The van der Waals surface area contributed by atoms with Gasteiger partial charge in [-0.25, -0.2) is 4.79 Å². The van der Waals surface area contributed by atoms with Gasteiger partial charge < -0.3 is 10.8 Å². The zero-order chi connectivity index (χ0) is 19.6. The Hall–Kier alpha value is -2.47. The van der Waals surface area contributed by atoms with E-state index >= 15 is 0 Å². The van der Waals surface area contributed by atoms with Crippen LogP contribution in [0.1, 0.15) is 26.3 Å². The third-order valence-electron chi connectivity index (χ3n) is 3.79. The summed E-state index contributed by atoms with van der Waals surface area (Å²) in [6.07, 6.45) is 0. The third-order valence-corrected chi connectivity index (χ3v) is 5.61. The highest BCUT2D eigenvalue weighted by Gasteiger charge is 2.18. The Balaban J connectivity index is 1.89. The maximum atomic E-state index is 12.7. The molecule has 27 heavy (non-hydrogen) atoms. The van der Waals surface area contributed by atoms with Gasteiger partial charge in [0.05, 0.1) is 15.6 Å². The zero-order valence-electron chi connectivity index (χ0n) is 13.8. The number of hydrogen-bond donors (Lipinski definition) is 2. The summed E-state index contributed by atoms with van der Waals surface area (Å²) >= 11 is 13.3. The molecule has 0 bridgehead atoms. The summed E-state index contributed by atoms with van der Waals surface area (Å²) in [5.41, 5.74) is 6.90. The van der Waals surface area contributed by atoms with Crippen molar-refractivity contribution in [2.75, 3.05) is 5.73 Å². The first kappa shape index (κ1) is 19.3. The number of carboxylic acid groups (broad SMARTS) is 1. The van der Waals surface area contributed by atoms with E-state index in [0.29, 0.717) is 21.3 Å². The minimum atomic E-state index is -1.15. The summed E-state index contributed by atoms with van der Waals surface area (Å²) in [6.45, 7) is 0. The first-order valence-electron chi connectivity index (χ1n) is 7.76. The van der Waals surface area contributed by atoms with Crippen molar-refractivity contribution in [1.29, 1.82) is 0 Å². The number of benzene rings is 3. The molecule has 0 saturated carbocycles. The Morgan fingerprint density at radius 1 is 0.889 bits per heavy atom. The Bertz CT molecular complexity index is 1050. The molecule has 0 amide bonds. The number of nitrogen functional groups attached to an aromatic ring is 1. The van der Waals surface area contributed by atoms with E-state index in [1.54, 1.807) is 42.5 Å². The largest absolute Gasteiger partial charge is 0.478 e. The highest BCUT2D eigenvalue weighted by Crippen LogP contribution is 2.36. The first-order chi connectivity index (χ1) is 12.9. The van der Waals surface area contributed by atoms with Gasteiger partial charge in [0.1, 0.15) is 0 Å². The average molecular weight is 418 g/mol. The van der Waals surface area contributed by atoms with E-state index in [2.05, 4.69) is 0 Å². The molecule has 0 aliphatic carbocycles. The summed E-state index contributed by atoms with van der Waals surface area (Å²) in [4.78, 5) is 25.7. The van der Waals surface area contributed by atoms with Crippen molar-refractivity contribution in [2.24, 2.45) is 0 Å². The third kappa shape index (κ3) is 4.27. The van der Waals surface area contributed by atoms with Crippen molar-refractivity contribution in [3.63, 3.8) is 0 Å². The molecule has 0 aliphatic heterocycles. The Morgan fingerprint density at radius 3 is 2.22 bits per heavy atom. The minimum Gasteiger partial charge on any atom is -0.478 e. The lowest BCUT2D eigenvalue weighted by atomic mass is 9.98. The Kier molecular flexibility index (Phi) is 5.75. The number of anilines is 1. The second-order valence-corrected chi connectivity index (χ2v) is 7.54. The number of carbonyl (C=O) groups excluding carboxylic acids is 1. The Morgan fingerprint density at radius 2 is 1.59 bits per heavy atom. The van der Waals surface area contributed by atoms with Crippen LogP contribution in [0.15, 0.2) is 70.5 Å². The number of carboxylic acids is 1. The van der Waals surface area contributed by atoms with E-state index in [-0.39, 0.29) is 11.1 Å². The van der Waals surface area contributed by atoms with Crippen LogP contribution in [0.25, 0.3) is 0 Å². The number of rotatable bonds is 5. The number of aromatic carboxylic acids is 1. The van der Waals surface area contributed by atoms with E-state index in [9.17, 15) is 14.7 Å². The number of ketones is 1. The van der Waals surface area contributed by atoms with Gasteiger partial charge in [0, 0.05) is 26.6 Å². The van der Waals surface area contributed by atoms with Crippen LogP contribution in [0.2, 0.25) is 10.0 Å². The molecule has 3 aromatic carbocycles. The van der Waals surface area contributed by atoms with Crippen LogP contribution in [0.5, 0.6) is 0 Å². The summed E-state index contributed by atoms with van der Waals surface area (Å²) in [5.74, 6) is -1.55. The minimum absolute atomic E-state index is 0.0460. The fourth-order valence-electron chi connectivity index (χ4n) is 2.47. The Labute approximate surface area is 169 Å². The van der Waals surface area contributed by atoms with Crippen LogP contribution in [0.4, 0.5) is 5.69 Å². The molecule has 0 atom stereocenters. The molecule has 3 rings (SSSR count). The topological polar surface area (TPSA) is 80.4 Å². The van der Waals surface area contributed by atoms with Crippen LogP contribution in [-0.4, -0.2) is 16.9 Å². The van der Waals surface area contributed by atoms with Crippen LogP contribution in [0.3, 0.4) is 0 Å². The van der Waals surface area contributed by atoms with E-state index in [4.69, 9.17) is 28.9 Å². The number of hydrogen-bond acceptors (Lipinski definition) is 4. The molecule has 0 saturated heterocycles. The predicted octanol–water partition coefficient (Wildman–Crippen LogP) is 5.66. The van der Waals surface area contributed by atoms with Crippen LogP contribution in [-0.2, 0) is 0 Å². The van der Waals surface area contributed by atoms with E-state index in [1.165, 1.54) is 23.9 Å². The summed E-state index contributed by atoms with van der Waals surface area (Å²) < 4.78 is 0. The van der Waals surface area contributed by atoms with E-state index in [1.807, 2.05) is 6.07 Å². The number of carbonyl (C=O) groups is 2. The van der Waals surface area contributed by atoms with Crippen LogP contribution in [0, 0.1) is 0 Å². The standard InChI is InChI=1S/C20H13Cl2NO3S/c21-15-7-6-12(10-16(15)22)27-18-8-5-11(9-17(18)23)19(24)13-3-1-2-4-14(13)20(25)26/h1-10H,23H2,(H,25,26). The molecular formula is C20H13Cl2NO3S. The smallest absolute Gasteiger partial charge is 0.336 e. The van der Waals surface area contributed by atoms with Gasteiger partial charge in [-0.2, -0.15) is 0 Å². The van der Waals surface area contributed by atoms with Crippen molar-refractivity contribution in [3.05, 3.63) is 87.4 Å². The van der Waals surface area contributed by atoms with Crippen molar-refractivity contribution in [3.8, 4) is 0 Å². The second-order valence-electron chi connectivity index (χ2n) is 5.61. The van der Waals surface area contributed by atoms with Gasteiger partial charge in [-0.05, 0) is 42.5 Å². The average Bonchev–Trinajstić information content (AvgIpc) is 2.65. The molecule has 0 fully saturated rings. The molecule has 0 heterocycles. The highest BCUT2D eigenvalue weighted by molar-refractivity contribution is 7.99. The maximum absolute atomic E-state index is 12.7. The van der Waals surface area contributed by atoms with Crippen molar-refractivity contribution < 1.29 is 14.7 Å². The lowest BCUT2D eigenvalue weighted by Crippen LogP contribution is -2.10. The highest BCUT2D eigenvalue weighted by atomic mass is 35.5. The molecule has 0 aromatic heterocycles. The van der Waals surface area contributed by atoms with Gasteiger partial charge in [0.25, 0.3) is 0 Å². The molecule has 0 spiro atoms. The van der Waals surface area contributed by atoms with E-state index in [0.717, 1.165) is 9.79 Å². The summed E-state index contributed by atoms with van der Waals surface area (Å²) in [6, 6.07) is 16.2. The quantitative estimate of drug-likeness (QED) is 0.413. The molecule has 0 aliphatic rings. The summed E-state index contributed by atoms with van der Waals surface area (Å²) in [7, 11) is 0. The fourth-order valence-corrected chi connectivity index (χ4v) is 3.72. The molecular weight excluding hydrogens is 405 g/mol. The predicted molar refractivity (Wildman–Crippen MR) is 108 cm³/mol. The van der Waals surface area contributed by atoms with Crippen molar-refractivity contribution >= 4 is 52.4 Å². The van der Waals surface area contributed by atoms with Gasteiger partial charge in [-0.15, -0.1) is 0 Å². The van der Waals surface area contributed by atoms with Gasteiger partial charge in [-0.3, -0.25) is 4.79 Å².